The van der Waals surface area contributed by atoms with E-state index in [0.717, 1.165) is 16.8 Å². The third-order valence-electron chi connectivity index (χ3n) is 5.98. The molecule has 0 saturated heterocycles. The summed E-state index contributed by atoms with van der Waals surface area (Å²) in [7, 11) is -3.90. The molecular weight excluding hydrogens is 510 g/mol. The van der Waals surface area contributed by atoms with Crippen molar-refractivity contribution < 1.29 is 17.9 Å². The molecule has 0 aliphatic carbocycles. The number of aromatic amines is 1. The van der Waals surface area contributed by atoms with Crippen molar-refractivity contribution in [2.45, 2.75) is 24.2 Å². The Morgan fingerprint density at radius 2 is 1.57 bits per heavy atom. The number of H-pyrrole nitrogens is 1. The van der Waals surface area contributed by atoms with Crippen molar-refractivity contribution in [3.05, 3.63) is 112 Å². The monoisotopic (exact) mass is 531 g/mol. The summed E-state index contributed by atoms with van der Waals surface area (Å²) in [4.78, 5) is 8.68. The fraction of sp³-hybridized carbons (Fsp3) is 0.115. The molecule has 1 aliphatic rings. The van der Waals surface area contributed by atoms with Gasteiger partial charge in [-0.25, -0.2) is 22.6 Å². The van der Waals surface area contributed by atoms with Crippen LogP contribution in [-0.4, -0.2) is 28.0 Å². The van der Waals surface area contributed by atoms with Gasteiger partial charge in [-0.05, 0) is 25.1 Å². The molecule has 0 bridgehead atoms. The number of nitrogens with one attached hydrogen (secondary N) is 2. The van der Waals surface area contributed by atoms with Crippen molar-refractivity contribution in [2.24, 2.45) is 0 Å². The fourth-order valence-corrected chi connectivity index (χ4v) is 5.53. The number of sulfonamides is 1. The number of ether oxygens (including phenoxy) is 2. The molecule has 3 heterocycles. The highest BCUT2D eigenvalue weighted by atomic mass is 32.2. The summed E-state index contributed by atoms with van der Waals surface area (Å²) in [5.74, 6) is 0.283. The number of rotatable bonds is 6. The number of aryl methyl sites for hydroxylation is 1. The van der Waals surface area contributed by atoms with Crippen LogP contribution in [0, 0.1) is 11.6 Å². The van der Waals surface area contributed by atoms with Crippen LogP contribution < -0.4 is 14.2 Å². The van der Waals surface area contributed by atoms with Gasteiger partial charge in [-0.1, -0.05) is 72.9 Å². The Morgan fingerprint density at radius 1 is 0.919 bits per heavy atom. The second-order valence-electron chi connectivity index (χ2n) is 8.53. The normalized spacial score (nSPS) is 14.2. The Hall–Kier alpha value is -4.06. The van der Waals surface area contributed by atoms with Crippen molar-refractivity contribution in [1.82, 2.24) is 24.3 Å². The summed E-state index contributed by atoms with van der Waals surface area (Å²) in [6.45, 7) is 1.74. The van der Waals surface area contributed by atoms with E-state index in [-0.39, 0.29) is 11.4 Å². The molecule has 0 atom stereocenters. The Labute approximate surface area is 217 Å². The van der Waals surface area contributed by atoms with E-state index in [1.165, 1.54) is 16.6 Å². The lowest BCUT2D eigenvalue weighted by Crippen LogP contribution is -2.36. The maximum Gasteiger partial charge on any atom is 0.305 e. The number of nitrogens with zero attached hydrogens (tertiary/aromatic N) is 3. The molecule has 6 rings (SSSR count). The Balaban J connectivity index is 1.29. The topological polar surface area (TPSA) is 111 Å². The lowest BCUT2D eigenvalue weighted by molar-refractivity contribution is -0.0459. The molecule has 9 nitrogen and oxygen atoms in total. The molecule has 186 valence electrons. The smallest absolute Gasteiger partial charge is 0.305 e. The van der Waals surface area contributed by atoms with E-state index >= 15 is 0 Å². The van der Waals surface area contributed by atoms with Crippen LogP contribution in [-0.2, 0) is 22.4 Å². The highest BCUT2D eigenvalue weighted by Crippen LogP contribution is 2.48. The molecular formula is C26H21N5O4S2. The zero-order valence-corrected chi connectivity index (χ0v) is 21.2. The molecule has 0 radical (unpaired) electrons. The number of hydrogen-bond donors (Lipinski definition) is 2. The number of fused-ring (bicyclic) bond motifs is 2. The van der Waals surface area contributed by atoms with Gasteiger partial charge in [0.15, 0.2) is 11.5 Å². The number of benzene rings is 3. The first kappa shape index (κ1) is 23.3. The van der Waals surface area contributed by atoms with Gasteiger partial charge in [0.05, 0.1) is 11.4 Å². The van der Waals surface area contributed by atoms with Crippen LogP contribution in [0.1, 0.15) is 22.6 Å². The van der Waals surface area contributed by atoms with Crippen molar-refractivity contribution in [3.8, 4) is 11.5 Å². The molecule has 5 aromatic rings. The van der Waals surface area contributed by atoms with Crippen LogP contribution in [0.25, 0.3) is 5.78 Å². The van der Waals surface area contributed by atoms with Gasteiger partial charge in [0, 0.05) is 22.9 Å². The zero-order chi connectivity index (χ0) is 25.6. The SMILES string of the molecule is Cc1cc(=S)n2[nH]c(CNS(=O)(=O)c3ccc4c(c3)OC(c3ccccc3)(c3ccccc3)O4)nc2n1. The van der Waals surface area contributed by atoms with Gasteiger partial charge in [-0.2, -0.15) is 4.98 Å². The molecule has 37 heavy (non-hydrogen) atoms. The minimum atomic E-state index is -3.90. The van der Waals surface area contributed by atoms with E-state index in [0.29, 0.717) is 27.7 Å². The van der Waals surface area contributed by atoms with Gasteiger partial charge in [0.1, 0.15) is 10.5 Å². The van der Waals surface area contributed by atoms with Crippen LogP contribution in [0.15, 0.2) is 89.8 Å². The van der Waals surface area contributed by atoms with Crippen LogP contribution in [0.5, 0.6) is 11.5 Å². The highest BCUT2D eigenvalue weighted by molar-refractivity contribution is 7.89. The zero-order valence-electron chi connectivity index (χ0n) is 19.6. The van der Waals surface area contributed by atoms with E-state index < -0.39 is 15.8 Å². The minimum Gasteiger partial charge on any atom is -0.440 e. The van der Waals surface area contributed by atoms with Crippen molar-refractivity contribution in [2.75, 3.05) is 0 Å². The lowest BCUT2D eigenvalue weighted by Gasteiger charge is -2.28. The van der Waals surface area contributed by atoms with E-state index in [2.05, 4.69) is 19.8 Å². The van der Waals surface area contributed by atoms with Crippen LogP contribution in [0.2, 0.25) is 0 Å². The van der Waals surface area contributed by atoms with Gasteiger partial charge in [-0.3, -0.25) is 5.10 Å². The summed E-state index contributed by atoms with van der Waals surface area (Å²) in [6.07, 6.45) is 0. The highest BCUT2D eigenvalue weighted by Gasteiger charge is 2.45. The second kappa shape index (κ2) is 8.80. The summed E-state index contributed by atoms with van der Waals surface area (Å²) in [5, 5.41) is 2.97. The van der Waals surface area contributed by atoms with Gasteiger partial charge in [-0.15, -0.1) is 0 Å². The average molecular weight is 532 g/mol. The number of hydrogen-bond acceptors (Lipinski definition) is 7. The predicted molar refractivity (Wildman–Crippen MR) is 138 cm³/mol. The fourth-order valence-electron chi connectivity index (χ4n) is 4.23. The van der Waals surface area contributed by atoms with E-state index in [4.69, 9.17) is 21.7 Å². The van der Waals surface area contributed by atoms with Crippen molar-refractivity contribution in [3.63, 3.8) is 0 Å². The largest absolute Gasteiger partial charge is 0.440 e. The predicted octanol–water partition coefficient (Wildman–Crippen LogP) is 4.25. The van der Waals surface area contributed by atoms with Crippen molar-refractivity contribution in [1.29, 1.82) is 0 Å². The van der Waals surface area contributed by atoms with Crippen LogP contribution in [0.4, 0.5) is 0 Å². The molecule has 2 aromatic heterocycles. The maximum atomic E-state index is 13.2. The van der Waals surface area contributed by atoms with E-state index in [1.807, 2.05) is 67.6 Å². The first-order chi connectivity index (χ1) is 17.8. The molecule has 0 fully saturated rings. The molecule has 2 N–H and O–H groups in total. The van der Waals surface area contributed by atoms with Gasteiger partial charge in [0.25, 0.3) is 5.78 Å². The second-order valence-corrected chi connectivity index (χ2v) is 10.7. The summed E-state index contributed by atoms with van der Waals surface area (Å²) in [5.41, 5.74) is 2.30. The quantitative estimate of drug-likeness (QED) is 0.315. The lowest BCUT2D eigenvalue weighted by atomic mass is 9.97. The maximum absolute atomic E-state index is 13.2. The van der Waals surface area contributed by atoms with E-state index in [9.17, 15) is 8.42 Å². The van der Waals surface area contributed by atoms with E-state index in [1.54, 1.807) is 12.1 Å². The van der Waals surface area contributed by atoms with Gasteiger partial charge >= 0.3 is 5.79 Å². The summed E-state index contributed by atoms with van der Waals surface area (Å²) in [6, 6.07) is 25.3. The van der Waals surface area contributed by atoms with Crippen molar-refractivity contribution >= 4 is 28.0 Å². The summed E-state index contributed by atoms with van der Waals surface area (Å²) < 4.78 is 43.6. The molecule has 0 amide bonds. The van der Waals surface area contributed by atoms with Gasteiger partial charge in [0.2, 0.25) is 10.0 Å². The third kappa shape index (κ3) is 4.16. The molecule has 3 aromatic carbocycles. The first-order valence-electron chi connectivity index (χ1n) is 11.4. The molecule has 1 aliphatic heterocycles. The van der Waals surface area contributed by atoms with Crippen LogP contribution in [0.3, 0.4) is 0 Å². The van der Waals surface area contributed by atoms with Crippen LogP contribution >= 0.6 is 12.2 Å². The van der Waals surface area contributed by atoms with Gasteiger partial charge < -0.3 is 9.47 Å². The molecule has 0 unspecified atom stereocenters. The minimum absolute atomic E-state index is 0.0356. The first-order valence-corrected chi connectivity index (χ1v) is 13.3. The average Bonchev–Trinajstić information content (AvgIpc) is 3.50. The number of aromatic nitrogens is 4. The Kier molecular flexibility index (Phi) is 5.55. The summed E-state index contributed by atoms with van der Waals surface area (Å²) >= 11 is 5.31. The standard InChI is InChI=1S/C26H21N5O4S2/c1-17-14-24(36)31-25(28-17)29-23(30-31)16-27-37(32,33)20-12-13-21-22(15-20)35-26(34-21,18-8-4-2-5-9-18)19-10-6-3-7-11-19/h2-15,27H,16H2,1H3,(H,28,29,30). The third-order valence-corrected chi connectivity index (χ3v) is 7.67. The Bertz CT molecular complexity index is 1750. The Morgan fingerprint density at radius 3 is 2.24 bits per heavy atom. The molecule has 0 saturated carbocycles. The molecule has 11 heteroatoms. The molecule has 0 spiro atoms.